The summed E-state index contributed by atoms with van der Waals surface area (Å²) in [6.07, 6.45) is 2.42. The van der Waals surface area contributed by atoms with E-state index < -0.39 is 0 Å². The molecule has 2 aliphatic rings. The van der Waals surface area contributed by atoms with Gasteiger partial charge in [-0.25, -0.2) is 4.39 Å². The number of aliphatic hydroxyl groups excluding tert-OH is 1. The third kappa shape index (κ3) is 4.05. The van der Waals surface area contributed by atoms with Gasteiger partial charge < -0.3 is 10.0 Å². The zero-order chi connectivity index (χ0) is 15.5. The summed E-state index contributed by atoms with van der Waals surface area (Å²) in [4.78, 5) is 16.4. The van der Waals surface area contributed by atoms with Crippen LogP contribution in [-0.2, 0) is 11.2 Å². The molecule has 1 unspecified atom stereocenters. The number of rotatable bonds is 5. The summed E-state index contributed by atoms with van der Waals surface area (Å²) in [5.74, 6) is 0.311. The van der Waals surface area contributed by atoms with Crippen LogP contribution in [0.25, 0.3) is 0 Å². The van der Waals surface area contributed by atoms with Gasteiger partial charge in [0.05, 0.1) is 12.5 Å². The van der Waals surface area contributed by atoms with Crippen molar-refractivity contribution in [1.82, 2.24) is 9.80 Å². The lowest BCUT2D eigenvalue weighted by Crippen LogP contribution is -2.51. The van der Waals surface area contributed by atoms with E-state index in [0.29, 0.717) is 25.4 Å². The Kier molecular flexibility index (Phi) is 4.74. The first-order valence-electron chi connectivity index (χ1n) is 8.04. The average Bonchev–Trinajstić information content (AvgIpc) is 3.35. The number of halogens is 1. The second kappa shape index (κ2) is 6.75. The molecule has 1 amide bonds. The van der Waals surface area contributed by atoms with Crippen LogP contribution in [0.3, 0.4) is 0 Å². The monoisotopic (exact) mass is 306 g/mol. The standard InChI is InChI=1S/C17H23FN2O2/c18-15-5-1-13(2-6-15)11-17(22)20-9-7-19(8-10-20)12-16(21)14-3-4-14/h1-2,5-6,14,16,21H,3-4,7-12H2. The minimum atomic E-state index is -0.279. The Morgan fingerprint density at radius 1 is 1.18 bits per heavy atom. The molecule has 22 heavy (non-hydrogen) atoms. The van der Waals surface area contributed by atoms with E-state index >= 15 is 0 Å². The van der Waals surface area contributed by atoms with Gasteiger partial charge in [-0.15, -0.1) is 0 Å². The highest BCUT2D eigenvalue weighted by Gasteiger charge is 2.32. The van der Waals surface area contributed by atoms with E-state index in [0.717, 1.165) is 38.0 Å². The first-order valence-corrected chi connectivity index (χ1v) is 8.04. The number of carbonyl (C=O) groups excluding carboxylic acids is 1. The van der Waals surface area contributed by atoms with Crippen LogP contribution in [-0.4, -0.2) is 59.6 Å². The summed E-state index contributed by atoms with van der Waals surface area (Å²) in [5.41, 5.74) is 0.845. The molecule has 1 N–H and O–H groups in total. The molecule has 0 aromatic heterocycles. The lowest BCUT2D eigenvalue weighted by atomic mass is 10.1. The zero-order valence-electron chi connectivity index (χ0n) is 12.7. The van der Waals surface area contributed by atoms with Crippen LogP contribution in [0.5, 0.6) is 0 Å². The van der Waals surface area contributed by atoms with Crippen molar-refractivity contribution in [2.24, 2.45) is 5.92 Å². The van der Waals surface area contributed by atoms with Gasteiger partial charge in [0.2, 0.25) is 5.91 Å². The Bertz CT molecular complexity index is 508. The highest BCUT2D eigenvalue weighted by molar-refractivity contribution is 5.78. The molecule has 3 rings (SSSR count). The fourth-order valence-electron chi connectivity index (χ4n) is 2.96. The molecule has 1 atom stereocenters. The van der Waals surface area contributed by atoms with Gasteiger partial charge in [0.15, 0.2) is 0 Å². The zero-order valence-corrected chi connectivity index (χ0v) is 12.7. The molecule has 1 heterocycles. The van der Waals surface area contributed by atoms with Crippen LogP contribution in [0, 0.1) is 11.7 Å². The van der Waals surface area contributed by atoms with Crippen molar-refractivity contribution in [3.8, 4) is 0 Å². The number of amides is 1. The lowest BCUT2D eigenvalue weighted by molar-refractivity contribution is -0.132. The van der Waals surface area contributed by atoms with Crippen molar-refractivity contribution in [3.63, 3.8) is 0 Å². The van der Waals surface area contributed by atoms with Crippen LogP contribution in [0.1, 0.15) is 18.4 Å². The van der Waals surface area contributed by atoms with Gasteiger partial charge in [0, 0.05) is 32.7 Å². The molecule has 1 aromatic rings. The molecular formula is C17H23FN2O2. The normalized spacial score (nSPS) is 20.9. The van der Waals surface area contributed by atoms with E-state index in [1.54, 1.807) is 12.1 Å². The predicted octanol–water partition coefficient (Wildman–Crippen LogP) is 1.28. The molecule has 1 aromatic carbocycles. The number of hydrogen-bond acceptors (Lipinski definition) is 3. The molecule has 1 aliphatic carbocycles. The maximum Gasteiger partial charge on any atom is 0.227 e. The summed E-state index contributed by atoms with van der Waals surface area (Å²) < 4.78 is 12.9. The first kappa shape index (κ1) is 15.4. The van der Waals surface area contributed by atoms with Crippen LogP contribution < -0.4 is 0 Å². The smallest absolute Gasteiger partial charge is 0.227 e. The molecule has 1 aliphatic heterocycles. The maximum absolute atomic E-state index is 12.9. The number of β-amino-alcohol motifs (C(OH)–C–C–N with tert-alkyl or cyclic N) is 1. The minimum Gasteiger partial charge on any atom is -0.392 e. The van der Waals surface area contributed by atoms with Gasteiger partial charge in [0.25, 0.3) is 0 Å². The van der Waals surface area contributed by atoms with E-state index in [1.807, 2.05) is 4.90 Å². The van der Waals surface area contributed by atoms with Gasteiger partial charge >= 0.3 is 0 Å². The van der Waals surface area contributed by atoms with Crippen molar-refractivity contribution in [2.45, 2.75) is 25.4 Å². The second-order valence-corrected chi connectivity index (χ2v) is 6.39. The fraction of sp³-hybridized carbons (Fsp3) is 0.588. The number of aliphatic hydroxyl groups is 1. The van der Waals surface area contributed by atoms with Crippen molar-refractivity contribution >= 4 is 5.91 Å². The largest absolute Gasteiger partial charge is 0.392 e. The van der Waals surface area contributed by atoms with Crippen LogP contribution in [0.15, 0.2) is 24.3 Å². The highest BCUT2D eigenvalue weighted by atomic mass is 19.1. The van der Waals surface area contributed by atoms with Crippen molar-refractivity contribution in [3.05, 3.63) is 35.6 Å². The Labute approximate surface area is 130 Å². The number of carbonyl (C=O) groups is 1. The van der Waals surface area contributed by atoms with Crippen molar-refractivity contribution in [1.29, 1.82) is 0 Å². The van der Waals surface area contributed by atoms with E-state index in [4.69, 9.17) is 0 Å². The maximum atomic E-state index is 12.9. The molecule has 5 heteroatoms. The highest BCUT2D eigenvalue weighted by Crippen LogP contribution is 2.32. The number of hydrogen-bond donors (Lipinski definition) is 1. The third-order valence-electron chi connectivity index (χ3n) is 4.61. The average molecular weight is 306 g/mol. The summed E-state index contributed by atoms with van der Waals surface area (Å²) in [7, 11) is 0. The Morgan fingerprint density at radius 3 is 2.41 bits per heavy atom. The van der Waals surface area contributed by atoms with Crippen molar-refractivity contribution in [2.75, 3.05) is 32.7 Å². The van der Waals surface area contributed by atoms with Gasteiger partial charge in [-0.1, -0.05) is 12.1 Å². The van der Waals surface area contributed by atoms with Crippen LogP contribution in [0.4, 0.5) is 4.39 Å². The summed E-state index contributed by atoms with van der Waals surface area (Å²) >= 11 is 0. The second-order valence-electron chi connectivity index (χ2n) is 6.39. The Morgan fingerprint density at radius 2 is 1.82 bits per heavy atom. The first-order chi connectivity index (χ1) is 10.6. The van der Waals surface area contributed by atoms with E-state index in [-0.39, 0.29) is 17.8 Å². The number of nitrogens with zero attached hydrogens (tertiary/aromatic N) is 2. The van der Waals surface area contributed by atoms with E-state index in [2.05, 4.69) is 4.90 Å². The topological polar surface area (TPSA) is 43.8 Å². The van der Waals surface area contributed by atoms with Crippen LogP contribution >= 0.6 is 0 Å². The summed E-state index contributed by atoms with van der Waals surface area (Å²) in [6, 6.07) is 6.10. The van der Waals surface area contributed by atoms with Crippen molar-refractivity contribution < 1.29 is 14.3 Å². The van der Waals surface area contributed by atoms with E-state index in [1.165, 1.54) is 12.1 Å². The van der Waals surface area contributed by atoms with Gasteiger partial charge in [-0.3, -0.25) is 9.69 Å². The molecule has 120 valence electrons. The fourth-order valence-corrected chi connectivity index (χ4v) is 2.96. The molecule has 0 bridgehead atoms. The van der Waals surface area contributed by atoms with Gasteiger partial charge in [-0.2, -0.15) is 0 Å². The quantitative estimate of drug-likeness (QED) is 0.891. The molecule has 1 saturated heterocycles. The molecule has 0 radical (unpaired) electrons. The molecule has 2 fully saturated rings. The van der Waals surface area contributed by atoms with Crippen LogP contribution in [0.2, 0.25) is 0 Å². The molecule has 4 nitrogen and oxygen atoms in total. The SMILES string of the molecule is O=C(Cc1ccc(F)cc1)N1CCN(CC(O)C2CC2)CC1. The molecule has 0 spiro atoms. The van der Waals surface area contributed by atoms with Gasteiger partial charge in [-0.05, 0) is 36.5 Å². The predicted molar refractivity (Wildman–Crippen MR) is 81.9 cm³/mol. The Hall–Kier alpha value is -1.46. The third-order valence-corrected chi connectivity index (χ3v) is 4.61. The molecular weight excluding hydrogens is 283 g/mol. The number of piperazine rings is 1. The number of benzene rings is 1. The lowest BCUT2D eigenvalue weighted by Gasteiger charge is -2.35. The summed E-state index contributed by atoms with van der Waals surface area (Å²) in [6.45, 7) is 3.78. The molecule has 1 saturated carbocycles. The minimum absolute atomic E-state index is 0.0917. The summed E-state index contributed by atoms with van der Waals surface area (Å²) in [5, 5.41) is 9.98. The van der Waals surface area contributed by atoms with Gasteiger partial charge in [0.1, 0.15) is 5.82 Å². The Balaban J connectivity index is 1.44. The van der Waals surface area contributed by atoms with E-state index in [9.17, 15) is 14.3 Å².